The third-order valence-electron chi connectivity index (χ3n) is 6.20. The average Bonchev–Trinajstić information content (AvgIpc) is 3.48. The van der Waals surface area contributed by atoms with E-state index in [1.807, 2.05) is 48.7 Å². The Morgan fingerprint density at radius 2 is 1.62 bits per heavy atom. The van der Waals surface area contributed by atoms with Crippen molar-refractivity contribution >= 4 is 101 Å². The second kappa shape index (κ2) is 15.0. The third-order valence-corrected chi connectivity index (χ3v) is 8.88. The molecule has 4 aromatic carbocycles. The normalized spacial score (nSPS) is 11.0. The van der Waals surface area contributed by atoms with E-state index in [1.54, 1.807) is 42.5 Å². The number of ether oxygens (including phenoxy) is 1. The Morgan fingerprint density at radius 3 is 2.31 bits per heavy atom. The molecular weight excluding hydrogens is 765 g/mol. The molecule has 3 N–H and O–H groups in total. The van der Waals surface area contributed by atoms with E-state index >= 15 is 0 Å². The zero-order valence-electron chi connectivity index (χ0n) is 23.4. The summed E-state index contributed by atoms with van der Waals surface area (Å²) in [4.78, 5) is 29.7. The van der Waals surface area contributed by atoms with Crippen LogP contribution in [0.2, 0.25) is 10.0 Å². The molecule has 8 nitrogen and oxygen atoms in total. The largest absolute Gasteiger partial charge is 0.481 e. The van der Waals surface area contributed by atoms with Crippen LogP contribution < -0.4 is 20.8 Å². The topological polar surface area (TPSA) is 105 Å². The van der Waals surface area contributed by atoms with E-state index < -0.39 is 0 Å². The predicted molar refractivity (Wildman–Crippen MR) is 190 cm³/mol. The first-order chi connectivity index (χ1) is 21.6. The van der Waals surface area contributed by atoms with Crippen LogP contribution in [0.3, 0.4) is 0 Å². The summed E-state index contributed by atoms with van der Waals surface area (Å²) >= 11 is 20.3. The number of halogens is 4. The molecule has 5 aromatic rings. The molecule has 0 spiro atoms. The number of carbonyl (C=O) groups is 2. The Balaban J connectivity index is 1.13. The van der Waals surface area contributed by atoms with Crippen molar-refractivity contribution in [2.24, 2.45) is 5.10 Å². The third kappa shape index (κ3) is 8.93. The van der Waals surface area contributed by atoms with E-state index in [4.69, 9.17) is 27.9 Å². The predicted octanol–water partition coefficient (Wildman–Crippen LogP) is 9.48. The summed E-state index contributed by atoms with van der Waals surface area (Å²) in [6.07, 6.45) is 1.50. The van der Waals surface area contributed by atoms with Gasteiger partial charge in [0, 0.05) is 27.9 Å². The fourth-order valence-electron chi connectivity index (χ4n) is 3.95. The van der Waals surface area contributed by atoms with Crippen molar-refractivity contribution < 1.29 is 14.3 Å². The van der Waals surface area contributed by atoms with Gasteiger partial charge in [0.25, 0.3) is 11.8 Å². The van der Waals surface area contributed by atoms with Gasteiger partial charge >= 0.3 is 0 Å². The minimum absolute atomic E-state index is 0.242. The number of hydrazone groups is 1. The number of hydrogen-bond donors (Lipinski definition) is 3. The number of nitrogens with one attached hydrogen (secondary N) is 3. The lowest BCUT2D eigenvalue weighted by Crippen LogP contribution is -2.20. The lowest BCUT2D eigenvalue weighted by Gasteiger charge is -2.12. The van der Waals surface area contributed by atoms with E-state index in [0.29, 0.717) is 41.6 Å². The number of rotatable bonds is 10. The zero-order chi connectivity index (χ0) is 31.9. The van der Waals surface area contributed by atoms with Crippen molar-refractivity contribution in [2.75, 3.05) is 17.2 Å². The standard InChI is InChI=1S/C32H23Br2Cl2N5O3S/c1-18-2-8-22(9-3-18)39-32-40-28(17-45-32)20-4-6-21(7-5-20)31(43)41-37-15-19-12-24(33)30(25(34)13-19)44-16-29(42)38-23-10-11-26(35)27(36)14-23/h2-15,17H,16H2,1H3,(H,38,42)(H,39,40)(H,41,43)/b37-15+. The van der Waals surface area contributed by atoms with Gasteiger partial charge in [0.1, 0.15) is 5.75 Å². The number of benzene rings is 4. The molecule has 1 heterocycles. The molecule has 0 aliphatic rings. The van der Waals surface area contributed by atoms with Gasteiger partial charge in [0.15, 0.2) is 11.7 Å². The van der Waals surface area contributed by atoms with Gasteiger partial charge < -0.3 is 15.4 Å². The highest BCUT2D eigenvalue weighted by molar-refractivity contribution is 9.11. The average molecular weight is 788 g/mol. The van der Waals surface area contributed by atoms with Crippen LogP contribution in [0.25, 0.3) is 11.3 Å². The first-order valence-electron chi connectivity index (χ1n) is 13.2. The summed E-state index contributed by atoms with van der Waals surface area (Å²) in [5.41, 5.74) is 8.05. The number of amides is 2. The molecule has 13 heteroatoms. The molecule has 0 bridgehead atoms. The van der Waals surface area contributed by atoms with Gasteiger partial charge in [-0.25, -0.2) is 10.4 Å². The molecule has 2 amide bonds. The molecule has 0 unspecified atom stereocenters. The van der Waals surface area contributed by atoms with Gasteiger partial charge in [-0.3, -0.25) is 9.59 Å². The summed E-state index contributed by atoms with van der Waals surface area (Å²) in [7, 11) is 0. The summed E-state index contributed by atoms with van der Waals surface area (Å²) in [6.45, 7) is 1.80. The quantitative estimate of drug-likeness (QED) is 0.0967. The number of anilines is 3. The maximum absolute atomic E-state index is 12.7. The van der Waals surface area contributed by atoms with Crippen LogP contribution in [-0.2, 0) is 4.79 Å². The van der Waals surface area contributed by atoms with Crippen LogP contribution in [0.15, 0.2) is 98.3 Å². The molecule has 0 fully saturated rings. The molecule has 0 saturated carbocycles. The van der Waals surface area contributed by atoms with Crippen LogP contribution in [0, 0.1) is 6.92 Å². The lowest BCUT2D eigenvalue weighted by atomic mass is 10.1. The maximum Gasteiger partial charge on any atom is 0.271 e. The van der Waals surface area contributed by atoms with Gasteiger partial charge in [-0.05, 0) is 98.9 Å². The Kier molecular flexibility index (Phi) is 10.9. The first kappa shape index (κ1) is 32.6. The molecule has 0 atom stereocenters. The lowest BCUT2D eigenvalue weighted by molar-refractivity contribution is -0.118. The number of nitrogens with zero attached hydrogens (tertiary/aromatic N) is 2. The molecule has 0 aliphatic carbocycles. The molecule has 0 radical (unpaired) electrons. The van der Waals surface area contributed by atoms with Crippen LogP contribution in [-0.4, -0.2) is 29.6 Å². The van der Waals surface area contributed by atoms with Crippen LogP contribution >= 0.6 is 66.4 Å². The number of hydrogen-bond acceptors (Lipinski definition) is 7. The fraction of sp³-hybridized carbons (Fsp3) is 0.0625. The minimum atomic E-state index is -0.375. The van der Waals surface area contributed by atoms with Gasteiger partial charge in [0.05, 0.1) is 30.9 Å². The number of aryl methyl sites for hydroxylation is 1. The summed E-state index contributed by atoms with van der Waals surface area (Å²) in [5.74, 6) is -0.303. The van der Waals surface area contributed by atoms with Crippen LogP contribution in [0.5, 0.6) is 5.75 Å². The second-order valence-electron chi connectivity index (χ2n) is 9.58. The highest BCUT2D eigenvalue weighted by atomic mass is 79.9. The highest BCUT2D eigenvalue weighted by Crippen LogP contribution is 2.34. The fourth-order valence-corrected chi connectivity index (χ4v) is 6.44. The summed E-state index contributed by atoms with van der Waals surface area (Å²) in [5, 5.41) is 13.6. The molecule has 0 aliphatic heterocycles. The Morgan fingerprint density at radius 1 is 0.933 bits per heavy atom. The monoisotopic (exact) mass is 785 g/mol. The van der Waals surface area contributed by atoms with E-state index in [-0.39, 0.29) is 18.4 Å². The summed E-state index contributed by atoms with van der Waals surface area (Å²) < 4.78 is 6.87. The SMILES string of the molecule is Cc1ccc(Nc2nc(-c3ccc(C(=O)N/N=C/c4cc(Br)c(OCC(=O)Nc5ccc(Cl)c(Cl)c5)c(Br)c4)cc3)cs2)cc1. The van der Waals surface area contributed by atoms with Gasteiger partial charge in [0.2, 0.25) is 0 Å². The van der Waals surface area contributed by atoms with Gasteiger partial charge in [-0.2, -0.15) is 5.10 Å². The van der Waals surface area contributed by atoms with Crippen molar-refractivity contribution in [1.29, 1.82) is 0 Å². The van der Waals surface area contributed by atoms with Crippen molar-refractivity contribution in [2.45, 2.75) is 6.92 Å². The molecule has 228 valence electrons. The van der Waals surface area contributed by atoms with Gasteiger partial charge in [-0.15, -0.1) is 11.3 Å². The second-order valence-corrected chi connectivity index (χ2v) is 13.0. The Hall–Kier alpha value is -3.74. The molecule has 1 aromatic heterocycles. The smallest absolute Gasteiger partial charge is 0.271 e. The zero-order valence-corrected chi connectivity index (χ0v) is 28.9. The Bertz CT molecular complexity index is 1860. The number of aromatic nitrogens is 1. The highest BCUT2D eigenvalue weighted by Gasteiger charge is 2.13. The van der Waals surface area contributed by atoms with Crippen molar-refractivity contribution in [3.63, 3.8) is 0 Å². The molecule has 5 rings (SSSR count). The van der Waals surface area contributed by atoms with Crippen LogP contribution in [0.4, 0.5) is 16.5 Å². The van der Waals surface area contributed by atoms with E-state index in [2.05, 4.69) is 58.0 Å². The van der Waals surface area contributed by atoms with Crippen LogP contribution in [0.1, 0.15) is 21.5 Å². The Labute approximate surface area is 290 Å². The van der Waals surface area contributed by atoms with Crippen molar-refractivity contribution in [3.8, 4) is 17.0 Å². The van der Waals surface area contributed by atoms with E-state index in [1.165, 1.54) is 23.1 Å². The van der Waals surface area contributed by atoms with E-state index in [9.17, 15) is 9.59 Å². The molecular formula is C32H23Br2Cl2N5O3S. The van der Waals surface area contributed by atoms with E-state index in [0.717, 1.165) is 22.1 Å². The molecule has 0 saturated heterocycles. The van der Waals surface area contributed by atoms with Gasteiger partial charge in [-0.1, -0.05) is 53.0 Å². The first-order valence-corrected chi connectivity index (χ1v) is 16.5. The maximum atomic E-state index is 12.7. The molecule has 45 heavy (non-hydrogen) atoms. The number of carbonyl (C=O) groups excluding carboxylic acids is 2. The minimum Gasteiger partial charge on any atom is -0.481 e. The summed E-state index contributed by atoms with van der Waals surface area (Å²) in [6, 6.07) is 23.5. The number of thiazole rings is 1. The van der Waals surface area contributed by atoms with Crippen molar-refractivity contribution in [3.05, 3.63) is 120 Å². The van der Waals surface area contributed by atoms with Crippen molar-refractivity contribution in [1.82, 2.24) is 10.4 Å².